The summed E-state index contributed by atoms with van der Waals surface area (Å²) >= 11 is 0. The van der Waals surface area contributed by atoms with Gasteiger partial charge in [0.25, 0.3) is 0 Å². The van der Waals surface area contributed by atoms with Crippen LogP contribution in [0.3, 0.4) is 0 Å². The fraction of sp³-hybridized carbons (Fsp3) is 0.875. The van der Waals surface area contributed by atoms with Gasteiger partial charge in [0.15, 0.2) is 0 Å². The molecule has 2 amide bonds. The molecule has 1 saturated heterocycles. The smallest absolute Gasteiger partial charge is 0.246 e. The molecule has 0 aromatic heterocycles. The minimum Gasteiger partial charge on any atom is -0.342 e. The van der Waals surface area contributed by atoms with Gasteiger partial charge in [-0.2, -0.15) is 0 Å². The van der Waals surface area contributed by atoms with E-state index in [9.17, 15) is 9.59 Å². The Morgan fingerprint density at radius 2 is 1.95 bits per heavy atom. The fourth-order valence-electron chi connectivity index (χ4n) is 3.90. The molecule has 1 aliphatic heterocycles. The quantitative estimate of drug-likeness (QED) is 0.854. The Bertz CT molecular complexity index is 405. The van der Waals surface area contributed by atoms with Gasteiger partial charge < -0.3 is 10.2 Å². The molecule has 2 aliphatic carbocycles. The van der Waals surface area contributed by atoms with Gasteiger partial charge >= 0.3 is 0 Å². The molecule has 0 aromatic rings. The van der Waals surface area contributed by atoms with Gasteiger partial charge in [-0.1, -0.05) is 26.7 Å². The third-order valence-electron chi connectivity index (χ3n) is 5.48. The van der Waals surface area contributed by atoms with Gasteiger partial charge in [0.05, 0.1) is 0 Å². The molecule has 0 spiro atoms. The molecule has 1 N–H and O–H groups in total. The minimum absolute atomic E-state index is 0.0645. The summed E-state index contributed by atoms with van der Waals surface area (Å²) in [6.45, 7) is 5.07. The molecule has 112 valence electrons. The van der Waals surface area contributed by atoms with Crippen LogP contribution in [-0.2, 0) is 9.59 Å². The highest BCUT2D eigenvalue weighted by molar-refractivity contribution is 5.97. The predicted octanol–water partition coefficient (Wildman–Crippen LogP) is 1.94. The molecular weight excluding hydrogens is 252 g/mol. The Morgan fingerprint density at radius 3 is 2.50 bits per heavy atom. The first-order valence-electron chi connectivity index (χ1n) is 8.22. The van der Waals surface area contributed by atoms with E-state index in [1.807, 2.05) is 11.8 Å². The second-order valence-electron chi connectivity index (χ2n) is 6.91. The van der Waals surface area contributed by atoms with Gasteiger partial charge in [-0.3, -0.25) is 9.59 Å². The minimum atomic E-state index is -0.245. The first-order chi connectivity index (χ1) is 9.61. The van der Waals surface area contributed by atoms with Gasteiger partial charge in [-0.15, -0.1) is 0 Å². The lowest BCUT2D eigenvalue weighted by Gasteiger charge is -2.40. The number of rotatable bonds is 4. The Kier molecular flexibility index (Phi) is 3.74. The van der Waals surface area contributed by atoms with Crippen LogP contribution >= 0.6 is 0 Å². The zero-order chi connectivity index (χ0) is 14.3. The van der Waals surface area contributed by atoms with Crippen molar-refractivity contribution in [3.8, 4) is 0 Å². The zero-order valence-electron chi connectivity index (χ0n) is 12.6. The maximum absolute atomic E-state index is 12.7. The first kappa shape index (κ1) is 13.9. The third-order valence-corrected chi connectivity index (χ3v) is 5.48. The van der Waals surface area contributed by atoms with Gasteiger partial charge in [0.2, 0.25) is 11.8 Å². The average molecular weight is 278 g/mol. The van der Waals surface area contributed by atoms with Crippen LogP contribution < -0.4 is 5.32 Å². The number of amides is 2. The van der Waals surface area contributed by atoms with Gasteiger partial charge in [-0.05, 0) is 43.4 Å². The highest BCUT2D eigenvalue weighted by Gasteiger charge is 2.47. The standard InChI is InChI=1S/C16H26N2O2/c1-3-13-15(19)17-14(11-7-8-11)16(20)18(13)9-12-6-4-5-10(12)2/h10-14H,3-9H2,1-2H3,(H,17,19). The van der Waals surface area contributed by atoms with Gasteiger partial charge in [-0.25, -0.2) is 0 Å². The summed E-state index contributed by atoms with van der Waals surface area (Å²) in [5, 5.41) is 2.97. The summed E-state index contributed by atoms with van der Waals surface area (Å²) in [6, 6.07) is -0.479. The largest absolute Gasteiger partial charge is 0.342 e. The number of nitrogens with one attached hydrogen (secondary N) is 1. The molecule has 4 atom stereocenters. The van der Waals surface area contributed by atoms with Gasteiger partial charge in [0.1, 0.15) is 12.1 Å². The van der Waals surface area contributed by atoms with Crippen LogP contribution in [0.2, 0.25) is 0 Å². The van der Waals surface area contributed by atoms with E-state index in [1.54, 1.807) is 0 Å². The van der Waals surface area contributed by atoms with Crippen LogP contribution in [0.5, 0.6) is 0 Å². The van der Waals surface area contributed by atoms with Crippen LogP contribution in [0.25, 0.3) is 0 Å². The Hall–Kier alpha value is -1.06. The summed E-state index contributed by atoms with van der Waals surface area (Å²) in [7, 11) is 0. The molecule has 0 aromatic carbocycles. The average Bonchev–Trinajstić information content (AvgIpc) is 3.18. The molecule has 0 bridgehead atoms. The molecule has 0 radical (unpaired) electrons. The molecular formula is C16H26N2O2. The third kappa shape index (κ3) is 2.45. The number of hydrogen-bond donors (Lipinski definition) is 1. The second kappa shape index (κ2) is 5.38. The van der Waals surface area contributed by atoms with Crippen molar-refractivity contribution in [2.75, 3.05) is 6.54 Å². The van der Waals surface area contributed by atoms with E-state index in [2.05, 4.69) is 12.2 Å². The SMILES string of the molecule is CCC1C(=O)NC(C2CC2)C(=O)N1CC1CCCC1C. The molecule has 4 nitrogen and oxygen atoms in total. The highest BCUT2D eigenvalue weighted by atomic mass is 16.2. The molecule has 1 heterocycles. The van der Waals surface area contributed by atoms with E-state index in [1.165, 1.54) is 19.3 Å². The van der Waals surface area contributed by atoms with E-state index < -0.39 is 0 Å². The summed E-state index contributed by atoms with van der Waals surface area (Å²) in [4.78, 5) is 26.9. The summed E-state index contributed by atoms with van der Waals surface area (Å²) < 4.78 is 0. The lowest BCUT2D eigenvalue weighted by molar-refractivity contribution is -0.151. The van der Waals surface area contributed by atoms with E-state index in [-0.39, 0.29) is 23.9 Å². The predicted molar refractivity (Wildman–Crippen MR) is 77.0 cm³/mol. The van der Waals surface area contributed by atoms with E-state index in [4.69, 9.17) is 0 Å². The Balaban J connectivity index is 1.75. The summed E-state index contributed by atoms with van der Waals surface area (Å²) in [5.41, 5.74) is 0. The van der Waals surface area contributed by atoms with Crippen molar-refractivity contribution in [3.63, 3.8) is 0 Å². The van der Waals surface area contributed by atoms with Crippen molar-refractivity contribution in [2.45, 2.75) is 64.5 Å². The number of piperazine rings is 1. The Labute approximate surface area is 121 Å². The van der Waals surface area contributed by atoms with Crippen molar-refractivity contribution in [1.82, 2.24) is 10.2 Å². The van der Waals surface area contributed by atoms with Crippen molar-refractivity contribution < 1.29 is 9.59 Å². The van der Waals surface area contributed by atoms with Crippen LogP contribution in [0.15, 0.2) is 0 Å². The zero-order valence-corrected chi connectivity index (χ0v) is 12.6. The van der Waals surface area contributed by atoms with E-state index in [0.717, 1.165) is 25.8 Å². The first-order valence-corrected chi connectivity index (χ1v) is 8.22. The highest BCUT2D eigenvalue weighted by Crippen LogP contribution is 2.37. The van der Waals surface area contributed by atoms with Crippen LogP contribution in [0, 0.1) is 17.8 Å². The fourth-order valence-corrected chi connectivity index (χ4v) is 3.90. The molecule has 3 rings (SSSR count). The second-order valence-corrected chi connectivity index (χ2v) is 6.91. The molecule has 3 aliphatic rings. The van der Waals surface area contributed by atoms with E-state index >= 15 is 0 Å². The number of nitrogens with zero attached hydrogens (tertiary/aromatic N) is 1. The molecule has 2 saturated carbocycles. The normalized spacial score (nSPS) is 38.2. The van der Waals surface area contributed by atoms with E-state index in [0.29, 0.717) is 17.8 Å². The maximum Gasteiger partial charge on any atom is 0.246 e. The molecule has 3 fully saturated rings. The molecule has 20 heavy (non-hydrogen) atoms. The van der Waals surface area contributed by atoms with Crippen molar-refractivity contribution in [3.05, 3.63) is 0 Å². The lowest BCUT2D eigenvalue weighted by Crippen LogP contribution is -2.64. The number of carbonyl (C=O) groups excluding carboxylic acids is 2. The monoisotopic (exact) mass is 278 g/mol. The van der Waals surface area contributed by atoms with Crippen LogP contribution in [0.1, 0.15) is 52.4 Å². The topological polar surface area (TPSA) is 49.4 Å². The Morgan fingerprint density at radius 1 is 1.20 bits per heavy atom. The van der Waals surface area contributed by atoms with Crippen molar-refractivity contribution in [1.29, 1.82) is 0 Å². The van der Waals surface area contributed by atoms with Gasteiger partial charge in [0, 0.05) is 6.54 Å². The maximum atomic E-state index is 12.7. The van der Waals surface area contributed by atoms with Crippen LogP contribution in [0.4, 0.5) is 0 Å². The van der Waals surface area contributed by atoms with Crippen molar-refractivity contribution in [2.24, 2.45) is 17.8 Å². The lowest BCUT2D eigenvalue weighted by atomic mass is 9.94. The number of hydrogen-bond acceptors (Lipinski definition) is 2. The number of carbonyl (C=O) groups is 2. The summed E-state index contributed by atoms with van der Waals surface area (Å²) in [6.07, 6.45) is 6.63. The summed E-state index contributed by atoms with van der Waals surface area (Å²) in [5.74, 6) is 1.91. The molecule has 4 heteroatoms. The van der Waals surface area contributed by atoms with Crippen molar-refractivity contribution >= 4 is 11.8 Å². The molecule has 4 unspecified atom stereocenters. The van der Waals surface area contributed by atoms with Crippen LogP contribution in [-0.4, -0.2) is 35.3 Å².